The molecule has 0 saturated heterocycles. The summed E-state index contributed by atoms with van der Waals surface area (Å²) in [6.45, 7) is 3.88. The van der Waals surface area contributed by atoms with Crippen LogP contribution < -0.4 is 5.32 Å². The van der Waals surface area contributed by atoms with E-state index in [-0.39, 0.29) is 5.91 Å². The Balaban J connectivity index is 3.10. The molecular formula is C22H43NO4. The minimum atomic E-state index is -0.672. The fourth-order valence-corrected chi connectivity index (χ4v) is 3.18. The van der Waals surface area contributed by atoms with Crippen LogP contribution in [0.15, 0.2) is 0 Å². The van der Waals surface area contributed by atoms with E-state index in [0.717, 1.165) is 25.7 Å². The number of carbonyl (C=O) groups excluding carboxylic acids is 1. The van der Waals surface area contributed by atoms with E-state index in [9.17, 15) is 9.59 Å². The quantitative estimate of drug-likeness (QED) is 0.257. The average molecular weight is 386 g/mol. The molecule has 0 unspecified atom stereocenters. The number of nitrogens with one attached hydrogen (secondary N) is 1. The second kappa shape index (κ2) is 21.2. The molecule has 0 atom stereocenters. The van der Waals surface area contributed by atoms with Gasteiger partial charge in [0.05, 0.1) is 6.61 Å². The average Bonchev–Trinajstić information content (AvgIpc) is 2.64. The van der Waals surface area contributed by atoms with Gasteiger partial charge in [0, 0.05) is 26.0 Å². The predicted molar refractivity (Wildman–Crippen MR) is 111 cm³/mol. The minimum Gasteiger partial charge on any atom is -0.481 e. The van der Waals surface area contributed by atoms with Crippen molar-refractivity contribution in [3.8, 4) is 0 Å². The lowest BCUT2D eigenvalue weighted by atomic mass is 10.0. The Bertz CT molecular complexity index is 347. The number of carbonyl (C=O) groups is 2. The van der Waals surface area contributed by atoms with Crippen molar-refractivity contribution in [1.29, 1.82) is 0 Å². The highest BCUT2D eigenvalue weighted by molar-refractivity contribution is 5.75. The van der Waals surface area contributed by atoms with E-state index in [0.29, 0.717) is 32.6 Å². The summed E-state index contributed by atoms with van der Waals surface area (Å²) in [6, 6.07) is 0. The van der Waals surface area contributed by atoms with Crippen molar-refractivity contribution >= 4 is 11.9 Å². The van der Waals surface area contributed by atoms with E-state index in [4.69, 9.17) is 9.84 Å². The minimum absolute atomic E-state index is 0.150. The van der Waals surface area contributed by atoms with E-state index in [1.807, 2.05) is 6.92 Å². The Kier molecular flexibility index (Phi) is 20.3. The third-order valence-electron chi connectivity index (χ3n) is 4.82. The van der Waals surface area contributed by atoms with Crippen molar-refractivity contribution in [3.63, 3.8) is 0 Å². The Morgan fingerprint density at radius 1 is 0.704 bits per heavy atom. The maximum Gasteiger partial charge on any atom is 0.303 e. The van der Waals surface area contributed by atoms with Gasteiger partial charge in [0.1, 0.15) is 0 Å². The van der Waals surface area contributed by atoms with Crippen LogP contribution in [0.4, 0.5) is 0 Å². The van der Waals surface area contributed by atoms with Crippen molar-refractivity contribution in [2.75, 3.05) is 19.8 Å². The molecule has 0 saturated carbocycles. The van der Waals surface area contributed by atoms with Crippen LogP contribution in [0.1, 0.15) is 110 Å². The Morgan fingerprint density at radius 3 is 1.52 bits per heavy atom. The molecule has 27 heavy (non-hydrogen) atoms. The molecule has 0 aliphatic heterocycles. The van der Waals surface area contributed by atoms with Gasteiger partial charge in [-0.05, 0) is 19.8 Å². The lowest BCUT2D eigenvalue weighted by Gasteiger charge is -2.05. The molecule has 0 aliphatic carbocycles. The van der Waals surface area contributed by atoms with Gasteiger partial charge in [0.2, 0.25) is 5.91 Å². The zero-order valence-corrected chi connectivity index (χ0v) is 17.6. The lowest BCUT2D eigenvalue weighted by molar-refractivity contribution is -0.137. The summed E-state index contributed by atoms with van der Waals surface area (Å²) in [5, 5.41) is 11.4. The van der Waals surface area contributed by atoms with Gasteiger partial charge in [-0.25, -0.2) is 0 Å². The summed E-state index contributed by atoms with van der Waals surface area (Å²) < 4.78 is 5.19. The monoisotopic (exact) mass is 385 g/mol. The molecule has 0 aromatic heterocycles. The van der Waals surface area contributed by atoms with Gasteiger partial charge in [-0.1, -0.05) is 77.0 Å². The molecule has 0 fully saturated rings. The lowest BCUT2D eigenvalue weighted by Crippen LogP contribution is -2.26. The number of unbranched alkanes of at least 4 members (excludes halogenated alkanes) is 13. The van der Waals surface area contributed by atoms with Gasteiger partial charge in [-0.3, -0.25) is 9.59 Å². The zero-order valence-electron chi connectivity index (χ0n) is 17.6. The first-order valence-corrected chi connectivity index (χ1v) is 11.2. The van der Waals surface area contributed by atoms with Gasteiger partial charge in [-0.2, -0.15) is 0 Å². The van der Waals surface area contributed by atoms with Gasteiger partial charge < -0.3 is 15.2 Å². The molecule has 0 heterocycles. The SMILES string of the molecule is CCOCCNC(=O)CCCCCCCCCCCCCCCCC(=O)O. The van der Waals surface area contributed by atoms with Crippen LogP contribution in [0.25, 0.3) is 0 Å². The number of hydrogen-bond acceptors (Lipinski definition) is 3. The second-order valence-corrected chi connectivity index (χ2v) is 7.39. The molecule has 5 nitrogen and oxygen atoms in total. The van der Waals surface area contributed by atoms with Crippen molar-refractivity contribution in [1.82, 2.24) is 5.32 Å². The van der Waals surface area contributed by atoms with E-state index >= 15 is 0 Å². The Morgan fingerprint density at radius 2 is 1.11 bits per heavy atom. The maximum atomic E-state index is 11.6. The largest absolute Gasteiger partial charge is 0.481 e. The van der Waals surface area contributed by atoms with Crippen LogP contribution in [0.2, 0.25) is 0 Å². The van der Waals surface area contributed by atoms with Crippen LogP contribution in [0.3, 0.4) is 0 Å². The standard InChI is InChI=1S/C22H43NO4/c1-2-27-20-19-23-21(24)17-15-13-11-9-7-5-3-4-6-8-10-12-14-16-18-22(25)26/h2-20H2,1H3,(H,23,24)(H,25,26). The van der Waals surface area contributed by atoms with Crippen molar-refractivity contribution in [2.45, 2.75) is 110 Å². The molecule has 5 heteroatoms. The van der Waals surface area contributed by atoms with Crippen LogP contribution in [0.5, 0.6) is 0 Å². The molecule has 0 aromatic rings. The van der Waals surface area contributed by atoms with Crippen LogP contribution in [0, 0.1) is 0 Å². The summed E-state index contributed by atoms with van der Waals surface area (Å²) in [5.74, 6) is -0.523. The normalized spacial score (nSPS) is 10.9. The number of amides is 1. The van der Waals surface area contributed by atoms with E-state index in [1.165, 1.54) is 64.2 Å². The summed E-state index contributed by atoms with van der Waals surface area (Å²) in [4.78, 5) is 22.0. The first kappa shape index (κ1) is 25.9. The zero-order chi connectivity index (χ0) is 20.0. The molecule has 1 amide bonds. The highest BCUT2D eigenvalue weighted by atomic mass is 16.5. The highest BCUT2D eigenvalue weighted by Crippen LogP contribution is 2.13. The molecule has 160 valence electrons. The molecule has 0 radical (unpaired) electrons. The van der Waals surface area contributed by atoms with Crippen LogP contribution in [-0.2, 0) is 14.3 Å². The molecule has 0 aromatic carbocycles. The number of carboxylic acids is 1. The fraction of sp³-hybridized carbons (Fsp3) is 0.909. The molecule has 0 spiro atoms. The fourth-order valence-electron chi connectivity index (χ4n) is 3.18. The Hall–Kier alpha value is -1.10. The van der Waals surface area contributed by atoms with Crippen LogP contribution in [-0.4, -0.2) is 36.7 Å². The number of carboxylic acid groups (broad SMARTS) is 1. The topological polar surface area (TPSA) is 75.6 Å². The first-order valence-electron chi connectivity index (χ1n) is 11.2. The Labute approximate surface area is 166 Å². The molecule has 0 rings (SSSR count). The van der Waals surface area contributed by atoms with Crippen molar-refractivity contribution in [3.05, 3.63) is 0 Å². The number of rotatable bonds is 21. The van der Waals surface area contributed by atoms with E-state index in [1.54, 1.807) is 0 Å². The summed E-state index contributed by atoms with van der Waals surface area (Å²) in [7, 11) is 0. The van der Waals surface area contributed by atoms with Gasteiger partial charge in [-0.15, -0.1) is 0 Å². The number of aliphatic carboxylic acids is 1. The smallest absolute Gasteiger partial charge is 0.303 e. The van der Waals surface area contributed by atoms with Gasteiger partial charge in [0.25, 0.3) is 0 Å². The van der Waals surface area contributed by atoms with Gasteiger partial charge in [0.15, 0.2) is 0 Å². The summed E-state index contributed by atoms with van der Waals surface area (Å²) in [5.41, 5.74) is 0. The van der Waals surface area contributed by atoms with Crippen LogP contribution >= 0.6 is 0 Å². The predicted octanol–water partition coefficient (Wildman–Crippen LogP) is 5.47. The number of hydrogen-bond donors (Lipinski definition) is 2. The van der Waals surface area contributed by atoms with E-state index in [2.05, 4.69) is 5.32 Å². The maximum absolute atomic E-state index is 11.6. The highest BCUT2D eigenvalue weighted by Gasteiger charge is 2.00. The van der Waals surface area contributed by atoms with Crippen molar-refractivity contribution < 1.29 is 19.4 Å². The molecule has 0 bridgehead atoms. The van der Waals surface area contributed by atoms with Crippen molar-refractivity contribution in [2.24, 2.45) is 0 Å². The molecule has 2 N–H and O–H groups in total. The van der Waals surface area contributed by atoms with E-state index < -0.39 is 5.97 Å². The third kappa shape index (κ3) is 22.9. The molecule has 0 aliphatic rings. The summed E-state index contributed by atoms with van der Waals surface area (Å²) in [6.07, 6.45) is 17.9. The van der Waals surface area contributed by atoms with Gasteiger partial charge >= 0.3 is 5.97 Å². The summed E-state index contributed by atoms with van der Waals surface area (Å²) >= 11 is 0. The molecular weight excluding hydrogens is 342 g/mol. The second-order valence-electron chi connectivity index (χ2n) is 7.39. The first-order chi connectivity index (χ1) is 13.2. The third-order valence-corrected chi connectivity index (χ3v) is 4.82. The number of ether oxygens (including phenoxy) is 1.